The van der Waals surface area contributed by atoms with E-state index in [1.165, 1.54) is 53.6 Å². The summed E-state index contributed by atoms with van der Waals surface area (Å²) in [5, 5.41) is 22.3. The molecule has 0 spiro atoms. The summed E-state index contributed by atoms with van der Waals surface area (Å²) in [6, 6.07) is 2.07. The van der Waals surface area contributed by atoms with E-state index in [4.69, 9.17) is 4.74 Å². The number of likely N-dealkylation sites (N-methyl/N-ethyl adjacent to an activating group) is 1. The van der Waals surface area contributed by atoms with E-state index >= 15 is 0 Å². The van der Waals surface area contributed by atoms with Crippen LogP contribution >= 0.6 is 0 Å². The van der Waals surface area contributed by atoms with Crippen molar-refractivity contribution in [3.8, 4) is 5.75 Å². The van der Waals surface area contributed by atoms with E-state index in [0.29, 0.717) is 50.1 Å². The Kier molecular flexibility index (Phi) is 30.2. The van der Waals surface area contributed by atoms with Gasteiger partial charge in [-0.05, 0) is 143 Å². The lowest BCUT2D eigenvalue weighted by Gasteiger charge is -2.38. The smallest absolute Gasteiger partial charge is 0.255 e. The molecule has 0 saturated carbocycles. The standard InChI is InChI=1S/C61H105N11O11/c1-18-19-20-21-22-23-25-48(72(38-73)50-26-24-33-71(50)55(79)43-27-29-44(83-17)30-28-43)54(78)65-47(36-41(6)7)53(77)67-60(11,12)57(81)66-45(34-39(2)3)51(75)64-46(35-40(4)5)52(76)68-61(13,14)58(82)69-59(9,10)56(80)62-32-31-49(74)63-42(8)37-70(15)16/h27-30,38-42,45-48,50H,18-26,31-37H2,1-17H3,(H,62,80)(H,63,74)(H,64,75)(H,65,78)(H,66,81)(H,67,77)(H,68,76)(H,69,82)/t42-,45-,46-,47-,48-,50+/m0/s1. The van der Waals surface area contributed by atoms with Crippen LogP contribution in [0.2, 0.25) is 0 Å². The van der Waals surface area contributed by atoms with Crippen molar-refractivity contribution in [3.05, 3.63) is 29.8 Å². The van der Waals surface area contributed by atoms with Crippen LogP contribution in [0, 0.1) is 17.8 Å². The zero-order chi connectivity index (χ0) is 63.0. The number of carbonyl (C=O) groups excluding carboxylic acids is 10. The summed E-state index contributed by atoms with van der Waals surface area (Å²) in [5.41, 5.74) is -4.28. The van der Waals surface area contributed by atoms with Crippen molar-refractivity contribution in [3.63, 3.8) is 0 Å². The second-order valence-electron chi connectivity index (χ2n) is 25.6. The maximum Gasteiger partial charge on any atom is 0.255 e. The first kappa shape index (κ1) is 72.8. The van der Waals surface area contributed by atoms with Gasteiger partial charge in [-0.3, -0.25) is 47.9 Å². The Morgan fingerprint density at radius 2 is 1.13 bits per heavy atom. The van der Waals surface area contributed by atoms with Gasteiger partial charge in [0, 0.05) is 37.7 Å². The van der Waals surface area contributed by atoms with Gasteiger partial charge in [-0.15, -0.1) is 0 Å². The number of nitrogens with zero attached hydrogens (tertiary/aromatic N) is 3. The predicted molar refractivity (Wildman–Crippen MR) is 321 cm³/mol. The highest BCUT2D eigenvalue weighted by Gasteiger charge is 2.42. The summed E-state index contributed by atoms with van der Waals surface area (Å²) in [6.07, 6.45) is 7.29. The molecule has 22 nitrogen and oxygen atoms in total. The van der Waals surface area contributed by atoms with Gasteiger partial charge < -0.3 is 62.0 Å². The number of amides is 10. The van der Waals surface area contributed by atoms with E-state index in [0.717, 1.165) is 32.1 Å². The van der Waals surface area contributed by atoms with Crippen LogP contribution in [0.5, 0.6) is 5.75 Å². The second kappa shape index (κ2) is 34.5. The van der Waals surface area contributed by atoms with E-state index in [9.17, 15) is 47.9 Å². The number of likely N-dealkylation sites (tertiary alicyclic amines) is 1. The van der Waals surface area contributed by atoms with Crippen molar-refractivity contribution in [1.82, 2.24) is 57.2 Å². The van der Waals surface area contributed by atoms with Crippen LogP contribution in [0.1, 0.15) is 191 Å². The normalized spacial score (nSPS) is 15.6. The lowest BCUT2D eigenvalue weighted by molar-refractivity contribution is -0.140. The largest absolute Gasteiger partial charge is 0.497 e. The summed E-state index contributed by atoms with van der Waals surface area (Å²) in [6.45, 7) is 25.1. The second-order valence-corrected chi connectivity index (χ2v) is 25.6. The third-order valence-corrected chi connectivity index (χ3v) is 14.5. The molecular formula is C61H105N11O11. The van der Waals surface area contributed by atoms with Crippen LogP contribution in [-0.2, 0) is 43.2 Å². The van der Waals surface area contributed by atoms with Crippen molar-refractivity contribution in [2.75, 3.05) is 40.8 Å². The summed E-state index contributed by atoms with van der Waals surface area (Å²) in [7, 11) is 5.33. The molecule has 470 valence electrons. The minimum atomic E-state index is -1.65. The first-order valence-corrected chi connectivity index (χ1v) is 30.0. The van der Waals surface area contributed by atoms with Gasteiger partial charge in [0.05, 0.1) is 7.11 Å². The average Bonchev–Trinajstić information content (AvgIpc) is 4.04. The molecule has 1 heterocycles. The summed E-state index contributed by atoms with van der Waals surface area (Å²) in [4.78, 5) is 143. The Balaban J connectivity index is 2.30. The quantitative estimate of drug-likeness (QED) is 0.0333. The van der Waals surface area contributed by atoms with Gasteiger partial charge in [-0.1, -0.05) is 87.0 Å². The molecule has 8 N–H and O–H groups in total. The molecule has 1 aromatic carbocycles. The molecule has 1 aliphatic heterocycles. The molecule has 1 aliphatic rings. The minimum absolute atomic E-state index is 0.0266. The van der Waals surface area contributed by atoms with Crippen LogP contribution in [0.15, 0.2) is 24.3 Å². The highest BCUT2D eigenvalue weighted by atomic mass is 16.5. The number of benzene rings is 1. The SMILES string of the molecule is CCCCCCCC[C@@H](C(=O)N[C@@H](CC(C)C)C(=O)NC(C)(C)C(=O)N[C@@H](CC(C)C)C(=O)N[C@@H](CC(C)C)C(=O)NC(C)(C)C(=O)NC(C)(C)C(=O)NCCC(=O)N[C@@H](C)CN(C)C)N(C=O)[C@@H]1CCCN1C(=O)c1ccc(OC)cc1. The topological polar surface area (TPSA) is 286 Å². The molecule has 6 atom stereocenters. The van der Waals surface area contributed by atoms with E-state index in [2.05, 4.69) is 49.5 Å². The number of nitrogens with one attached hydrogen (secondary N) is 8. The van der Waals surface area contributed by atoms with E-state index in [-0.39, 0.29) is 74.3 Å². The Labute approximate surface area is 495 Å². The summed E-state index contributed by atoms with van der Waals surface area (Å²) in [5.74, 6) is -4.85. The zero-order valence-corrected chi connectivity index (χ0v) is 53.2. The summed E-state index contributed by atoms with van der Waals surface area (Å²) >= 11 is 0. The maximum atomic E-state index is 14.7. The Morgan fingerprint density at radius 3 is 1.64 bits per heavy atom. The van der Waals surface area contributed by atoms with Gasteiger partial charge in [0.1, 0.15) is 52.7 Å². The molecule has 0 radical (unpaired) electrons. The Hall–Kier alpha value is -6.32. The third-order valence-electron chi connectivity index (χ3n) is 14.5. The predicted octanol–water partition coefficient (Wildman–Crippen LogP) is 4.68. The summed E-state index contributed by atoms with van der Waals surface area (Å²) < 4.78 is 5.28. The first-order valence-electron chi connectivity index (χ1n) is 30.0. The number of carbonyl (C=O) groups is 10. The fourth-order valence-electron chi connectivity index (χ4n) is 9.92. The minimum Gasteiger partial charge on any atom is -0.497 e. The van der Waals surface area contributed by atoms with Gasteiger partial charge in [-0.2, -0.15) is 0 Å². The molecule has 10 amide bonds. The van der Waals surface area contributed by atoms with E-state index in [1.807, 2.05) is 67.5 Å². The highest BCUT2D eigenvalue weighted by molar-refractivity contribution is 6.00. The number of ether oxygens (including phenoxy) is 1. The number of hydrogen-bond acceptors (Lipinski definition) is 12. The maximum absolute atomic E-state index is 14.7. The van der Waals surface area contributed by atoms with Crippen LogP contribution < -0.4 is 47.3 Å². The lowest BCUT2D eigenvalue weighted by atomic mass is 9.96. The molecule has 1 aromatic rings. The van der Waals surface area contributed by atoms with Gasteiger partial charge >= 0.3 is 0 Å². The molecule has 1 saturated heterocycles. The van der Waals surface area contributed by atoms with Crippen LogP contribution in [0.25, 0.3) is 0 Å². The van der Waals surface area contributed by atoms with Crippen molar-refractivity contribution in [2.24, 2.45) is 17.8 Å². The van der Waals surface area contributed by atoms with Crippen molar-refractivity contribution < 1.29 is 52.7 Å². The Bertz CT molecular complexity index is 2300. The monoisotopic (exact) mass is 1170 g/mol. The third kappa shape index (κ3) is 24.8. The molecule has 0 bridgehead atoms. The van der Waals surface area contributed by atoms with Crippen LogP contribution in [0.4, 0.5) is 0 Å². The van der Waals surface area contributed by atoms with Crippen molar-refractivity contribution in [2.45, 2.75) is 233 Å². The van der Waals surface area contributed by atoms with Gasteiger partial charge in [0.25, 0.3) is 5.91 Å². The average molecular weight is 1170 g/mol. The van der Waals surface area contributed by atoms with Crippen LogP contribution in [-0.4, -0.2) is 168 Å². The van der Waals surface area contributed by atoms with E-state index in [1.54, 1.807) is 29.2 Å². The Morgan fingerprint density at radius 1 is 0.639 bits per heavy atom. The highest BCUT2D eigenvalue weighted by Crippen LogP contribution is 2.27. The van der Waals surface area contributed by atoms with Crippen molar-refractivity contribution >= 4 is 59.6 Å². The van der Waals surface area contributed by atoms with Crippen LogP contribution in [0.3, 0.4) is 0 Å². The van der Waals surface area contributed by atoms with Crippen molar-refractivity contribution in [1.29, 1.82) is 0 Å². The fourth-order valence-corrected chi connectivity index (χ4v) is 9.92. The van der Waals surface area contributed by atoms with Gasteiger partial charge in [0.2, 0.25) is 53.7 Å². The lowest BCUT2D eigenvalue weighted by Crippen LogP contribution is -2.65. The molecule has 2 rings (SSSR count). The molecule has 0 aliphatic carbocycles. The molecule has 83 heavy (non-hydrogen) atoms. The number of hydrogen-bond donors (Lipinski definition) is 8. The fraction of sp³-hybridized carbons (Fsp3) is 0.738. The number of unbranched alkanes of at least 4 members (excludes halogenated alkanes) is 5. The molecule has 1 fully saturated rings. The number of rotatable bonds is 37. The van der Waals surface area contributed by atoms with E-state index < -0.39 is 88.3 Å². The first-order chi connectivity index (χ1) is 38.7. The van der Waals surface area contributed by atoms with Gasteiger partial charge in [0.15, 0.2) is 0 Å². The molecule has 0 unspecified atom stereocenters. The molecule has 0 aromatic heterocycles. The number of methoxy groups -OCH3 is 1. The molecular weight excluding hydrogens is 1060 g/mol. The molecule has 22 heteroatoms. The van der Waals surface area contributed by atoms with Gasteiger partial charge in [-0.25, -0.2) is 0 Å². The zero-order valence-electron chi connectivity index (χ0n) is 53.2.